The van der Waals surface area contributed by atoms with Gasteiger partial charge in [-0.2, -0.15) is 0 Å². The molecule has 158 valence electrons. The second kappa shape index (κ2) is 8.77. The van der Waals surface area contributed by atoms with Crippen LogP contribution in [0.5, 0.6) is 23.0 Å². The van der Waals surface area contributed by atoms with E-state index in [1.165, 1.54) is 32.4 Å². The fourth-order valence-corrected chi connectivity index (χ4v) is 3.38. The largest absolute Gasteiger partial charge is 0.870 e. The zero-order valence-corrected chi connectivity index (χ0v) is 16.7. The molecule has 0 unspecified atom stereocenters. The average Bonchev–Trinajstić information content (AvgIpc) is 3.11. The van der Waals surface area contributed by atoms with E-state index in [4.69, 9.17) is 24.1 Å². The molecule has 3 rings (SSSR count). The topological polar surface area (TPSA) is 114 Å². The second-order valence-corrected chi connectivity index (χ2v) is 6.49. The minimum Gasteiger partial charge on any atom is -0.870 e. The predicted molar refractivity (Wildman–Crippen MR) is 105 cm³/mol. The van der Waals surface area contributed by atoms with Gasteiger partial charge in [0.25, 0.3) is 0 Å². The van der Waals surface area contributed by atoms with E-state index in [-0.39, 0.29) is 18.1 Å². The molecular formula is C22H21O8-. The standard InChI is InChI=1S/C22H22O8/c1-4-29-22(26)19-14-9-12(5-8-18(24)25)10-17(28-3)21(14)30-20(19)13-6-7-15(23)16(11-13)27-2/h5-11,19-20,23H,4H2,1-3H3,(H,24,25)/p-1/b8-5+/t19-,20+/m0/s1. The van der Waals surface area contributed by atoms with Crippen molar-refractivity contribution in [1.82, 2.24) is 0 Å². The zero-order chi connectivity index (χ0) is 21.8. The van der Waals surface area contributed by atoms with Crippen LogP contribution in [-0.4, -0.2) is 37.9 Å². The third-order valence-corrected chi connectivity index (χ3v) is 4.68. The number of methoxy groups -OCH3 is 2. The van der Waals surface area contributed by atoms with Crippen molar-refractivity contribution >= 4 is 18.0 Å². The Morgan fingerprint density at radius 2 is 1.90 bits per heavy atom. The Bertz CT molecular complexity index is 995. The Hall–Kier alpha value is -3.68. The molecule has 8 nitrogen and oxygen atoms in total. The molecule has 30 heavy (non-hydrogen) atoms. The van der Waals surface area contributed by atoms with Crippen LogP contribution in [0.4, 0.5) is 0 Å². The van der Waals surface area contributed by atoms with Crippen LogP contribution in [-0.2, 0) is 14.3 Å². The lowest BCUT2D eigenvalue weighted by atomic mass is 9.90. The summed E-state index contributed by atoms with van der Waals surface area (Å²) < 4.78 is 21.9. The first-order chi connectivity index (χ1) is 14.4. The summed E-state index contributed by atoms with van der Waals surface area (Å²) in [7, 11) is 2.84. The molecule has 0 amide bonds. The van der Waals surface area contributed by atoms with Gasteiger partial charge in [0.2, 0.25) is 0 Å². The Morgan fingerprint density at radius 1 is 1.17 bits per heavy atom. The Balaban J connectivity index is 2.13. The average molecular weight is 413 g/mol. The molecule has 0 bridgehead atoms. The first-order valence-electron chi connectivity index (χ1n) is 9.20. The summed E-state index contributed by atoms with van der Waals surface area (Å²) in [5, 5.41) is 20.8. The Morgan fingerprint density at radius 3 is 2.53 bits per heavy atom. The molecule has 1 N–H and O–H groups in total. The van der Waals surface area contributed by atoms with Crippen LogP contribution in [0.2, 0.25) is 0 Å². The van der Waals surface area contributed by atoms with Crippen molar-refractivity contribution in [2.24, 2.45) is 0 Å². The highest BCUT2D eigenvalue weighted by atomic mass is 16.5. The van der Waals surface area contributed by atoms with Crippen LogP contribution in [0.25, 0.3) is 6.08 Å². The molecule has 0 saturated heterocycles. The third kappa shape index (κ3) is 4.03. The van der Waals surface area contributed by atoms with Gasteiger partial charge in [-0.25, -0.2) is 4.79 Å². The lowest BCUT2D eigenvalue weighted by Crippen LogP contribution is -2.21. The van der Waals surface area contributed by atoms with Gasteiger partial charge in [-0.1, -0.05) is 17.9 Å². The number of aliphatic carboxylic acids is 1. The summed E-state index contributed by atoms with van der Waals surface area (Å²) in [6.45, 7) is 1.88. The maximum atomic E-state index is 12.8. The van der Waals surface area contributed by atoms with Crippen molar-refractivity contribution < 1.29 is 38.7 Å². The maximum Gasteiger partial charge on any atom is 0.328 e. The summed E-state index contributed by atoms with van der Waals surface area (Å²) in [6, 6.07) is 7.73. The molecule has 0 aliphatic carbocycles. The number of rotatable bonds is 7. The number of hydrogen-bond acceptors (Lipinski definition) is 7. The number of ether oxygens (including phenoxy) is 4. The number of carbonyl (C=O) groups is 2. The van der Waals surface area contributed by atoms with E-state index in [1.54, 1.807) is 25.1 Å². The quantitative estimate of drug-likeness (QED) is 0.544. The van der Waals surface area contributed by atoms with Gasteiger partial charge in [0.1, 0.15) is 17.8 Å². The van der Waals surface area contributed by atoms with Gasteiger partial charge in [-0.15, -0.1) is 0 Å². The van der Waals surface area contributed by atoms with Crippen LogP contribution >= 0.6 is 0 Å². The third-order valence-electron chi connectivity index (χ3n) is 4.68. The van der Waals surface area contributed by atoms with Crippen molar-refractivity contribution in [2.45, 2.75) is 18.9 Å². The number of carbonyl (C=O) groups excluding carboxylic acids is 1. The van der Waals surface area contributed by atoms with Gasteiger partial charge in [0.05, 0.1) is 20.8 Å². The molecule has 1 heterocycles. The lowest BCUT2D eigenvalue weighted by molar-refractivity contribution is -0.270. The molecule has 2 aromatic carbocycles. The smallest absolute Gasteiger partial charge is 0.328 e. The highest BCUT2D eigenvalue weighted by Gasteiger charge is 2.43. The van der Waals surface area contributed by atoms with Gasteiger partial charge < -0.3 is 29.2 Å². The predicted octanol–water partition coefficient (Wildman–Crippen LogP) is 2.66. The van der Waals surface area contributed by atoms with Crippen LogP contribution in [0, 0.1) is 0 Å². The molecule has 8 heteroatoms. The molecule has 2 atom stereocenters. The van der Waals surface area contributed by atoms with E-state index >= 15 is 0 Å². The van der Waals surface area contributed by atoms with Gasteiger partial charge in [-0.05, 0) is 42.3 Å². The summed E-state index contributed by atoms with van der Waals surface area (Å²) in [4.78, 5) is 23.7. The van der Waals surface area contributed by atoms with E-state index in [0.29, 0.717) is 28.2 Å². The second-order valence-electron chi connectivity index (χ2n) is 6.49. The summed E-state index contributed by atoms with van der Waals surface area (Å²) >= 11 is 0. The van der Waals surface area contributed by atoms with Crippen LogP contribution < -0.4 is 19.3 Å². The summed E-state index contributed by atoms with van der Waals surface area (Å²) in [6.07, 6.45) is 1.61. The highest BCUT2D eigenvalue weighted by molar-refractivity contribution is 5.87. The van der Waals surface area contributed by atoms with Crippen molar-refractivity contribution in [3.05, 3.63) is 53.1 Å². The molecule has 0 fully saturated rings. The number of esters is 1. The minimum atomic E-state index is -1.10. The molecule has 0 spiro atoms. The molecular weight excluding hydrogens is 392 g/mol. The fraction of sp³-hybridized carbons (Fsp3) is 0.273. The minimum absolute atomic E-state index is 0.131. The molecule has 0 aromatic heterocycles. The van der Waals surface area contributed by atoms with Crippen molar-refractivity contribution in [1.29, 1.82) is 0 Å². The van der Waals surface area contributed by atoms with Gasteiger partial charge in [0, 0.05) is 11.6 Å². The number of hydrogen-bond donors (Lipinski definition) is 1. The number of benzene rings is 2. The van der Waals surface area contributed by atoms with Crippen LogP contribution in [0.15, 0.2) is 36.4 Å². The highest BCUT2D eigenvalue weighted by Crippen LogP contribution is 2.52. The summed E-state index contributed by atoms with van der Waals surface area (Å²) in [5.74, 6) is -1.90. The van der Waals surface area contributed by atoms with Crippen LogP contribution in [0.1, 0.15) is 35.6 Å². The van der Waals surface area contributed by atoms with E-state index in [2.05, 4.69) is 0 Å². The fourth-order valence-electron chi connectivity index (χ4n) is 3.38. The molecule has 1 aliphatic heterocycles. The van der Waals surface area contributed by atoms with Crippen molar-refractivity contribution in [2.75, 3.05) is 20.8 Å². The normalized spacial score (nSPS) is 17.3. The van der Waals surface area contributed by atoms with Crippen LogP contribution in [0.3, 0.4) is 0 Å². The number of carboxylic acid groups (broad SMARTS) is 1. The summed E-state index contributed by atoms with van der Waals surface area (Å²) in [5.41, 5.74) is 1.59. The number of fused-ring (bicyclic) bond motifs is 1. The molecule has 0 radical (unpaired) electrons. The Kier molecular flexibility index (Phi) is 6.15. The monoisotopic (exact) mass is 413 g/mol. The SMILES string of the molecule is CCOC(=O)[C@H]1c2cc(/C=C/C(=O)O)cc(OC)c2O[C@@H]1c1ccc([O-])c(OC)c1. The first-order valence-corrected chi connectivity index (χ1v) is 9.20. The van der Waals surface area contributed by atoms with E-state index in [0.717, 1.165) is 6.08 Å². The number of carboxylic acids is 1. The maximum absolute atomic E-state index is 12.8. The lowest BCUT2D eigenvalue weighted by Gasteiger charge is -2.21. The van der Waals surface area contributed by atoms with E-state index in [9.17, 15) is 14.7 Å². The van der Waals surface area contributed by atoms with Crippen molar-refractivity contribution in [3.63, 3.8) is 0 Å². The van der Waals surface area contributed by atoms with E-state index < -0.39 is 24.0 Å². The van der Waals surface area contributed by atoms with Gasteiger partial charge in [0.15, 0.2) is 11.5 Å². The molecule has 0 saturated carbocycles. The van der Waals surface area contributed by atoms with Crippen molar-refractivity contribution in [3.8, 4) is 23.0 Å². The first kappa shape index (κ1) is 21.0. The Labute approximate surface area is 173 Å². The van der Waals surface area contributed by atoms with E-state index in [1.807, 2.05) is 0 Å². The van der Waals surface area contributed by atoms with Gasteiger partial charge >= 0.3 is 11.9 Å². The zero-order valence-electron chi connectivity index (χ0n) is 16.7. The van der Waals surface area contributed by atoms with Gasteiger partial charge in [-0.3, -0.25) is 4.79 Å². The molecule has 2 aromatic rings. The molecule has 1 aliphatic rings.